The minimum Gasteiger partial charge on any atom is -0.354 e. The summed E-state index contributed by atoms with van der Waals surface area (Å²) in [4.78, 5) is 3.99. The van der Waals surface area contributed by atoms with Crippen molar-refractivity contribution >= 4 is 21.8 Å². The van der Waals surface area contributed by atoms with E-state index in [1.807, 2.05) is 0 Å². The summed E-state index contributed by atoms with van der Waals surface area (Å²) in [5, 5.41) is 2.50. The van der Waals surface area contributed by atoms with Gasteiger partial charge in [-0.15, -0.1) is 0 Å². The number of aromatic amines is 1. The van der Waals surface area contributed by atoms with Crippen LogP contribution in [0.2, 0.25) is 0 Å². The number of hydrogen-bond acceptors (Lipinski definition) is 0. The van der Waals surface area contributed by atoms with Crippen molar-refractivity contribution in [3.8, 4) is 66.8 Å². The Kier molecular flexibility index (Phi) is 6.60. The molecule has 0 bridgehead atoms. The SMILES string of the molecule is CC1(C)c2ccccc2-c2ccc(-c3ccc4c(c3)[nH]c3c(-c5ccc6c(c5)C(C)(C)c5ccccc5-6)cc(-c5ccc6c(c5)C(C)(C)c5ccccc5-6)cc34)cc21. The van der Waals surface area contributed by atoms with Crippen LogP contribution in [0.15, 0.2) is 158 Å². The van der Waals surface area contributed by atoms with E-state index in [9.17, 15) is 0 Å². The summed E-state index contributed by atoms with van der Waals surface area (Å²) in [6.07, 6.45) is 0. The van der Waals surface area contributed by atoms with Crippen molar-refractivity contribution in [1.82, 2.24) is 4.98 Å². The zero-order valence-electron chi connectivity index (χ0n) is 34.0. The van der Waals surface area contributed by atoms with Crippen molar-refractivity contribution in [2.45, 2.75) is 57.8 Å². The van der Waals surface area contributed by atoms with Crippen molar-refractivity contribution in [3.63, 3.8) is 0 Å². The largest absolute Gasteiger partial charge is 0.354 e. The van der Waals surface area contributed by atoms with Gasteiger partial charge in [0.2, 0.25) is 0 Å². The van der Waals surface area contributed by atoms with Crippen LogP contribution in [0.1, 0.15) is 74.9 Å². The normalized spacial score (nSPS) is 15.8. The molecule has 58 heavy (non-hydrogen) atoms. The molecule has 3 aliphatic carbocycles. The molecular formula is C57H45N. The molecular weight excluding hydrogens is 699 g/mol. The highest BCUT2D eigenvalue weighted by Crippen LogP contribution is 2.53. The van der Waals surface area contributed by atoms with E-state index in [0.717, 1.165) is 5.52 Å². The lowest BCUT2D eigenvalue weighted by atomic mass is 9.81. The summed E-state index contributed by atoms with van der Waals surface area (Å²) < 4.78 is 0. The summed E-state index contributed by atoms with van der Waals surface area (Å²) in [7, 11) is 0. The summed E-state index contributed by atoms with van der Waals surface area (Å²) in [6, 6.07) is 60.1. The van der Waals surface area contributed by atoms with E-state index in [2.05, 4.69) is 204 Å². The molecule has 1 heteroatoms. The minimum absolute atomic E-state index is 0.0419. The average molecular weight is 744 g/mol. The van der Waals surface area contributed by atoms with Gasteiger partial charge in [-0.05, 0) is 131 Å². The number of hydrogen-bond donors (Lipinski definition) is 1. The summed E-state index contributed by atoms with van der Waals surface area (Å²) in [5.74, 6) is 0. The summed E-state index contributed by atoms with van der Waals surface area (Å²) in [6.45, 7) is 14.2. The lowest BCUT2D eigenvalue weighted by Crippen LogP contribution is -2.15. The van der Waals surface area contributed by atoms with E-state index in [-0.39, 0.29) is 16.2 Å². The maximum absolute atomic E-state index is 3.99. The standard InChI is InChI=1S/C57H45N/c1-55(2)47-16-10-7-13-38(47)41-23-19-33(29-50(41)55)35-21-26-44-46-28-37(34-20-24-42-39-14-8-11-17-48(39)56(3,4)51(42)30-34)27-45(54(46)58-53(44)32-35)36-22-25-43-40-15-9-12-18-49(40)57(5,6)52(43)31-36/h7-32,58H,1-6H3. The van der Waals surface area contributed by atoms with Gasteiger partial charge in [-0.25, -0.2) is 0 Å². The van der Waals surface area contributed by atoms with Crippen LogP contribution in [0, 0.1) is 0 Å². The molecule has 3 aliphatic rings. The van der Waals surface area contributed by atoms with Crippen LogP contribution < -0.4 is 0 Å². The first-order valence-electron chi connectivity index (χ1n) is 20.8. The van der Waals surface area contributed by atoms with Crippen LogP contribution >= 0.6 is 0 Å². The predicted octanol–water partition coefficient (Wildman–Crippen LogP) is 15.2. The third kappa shape index (κ3) is 4.42. The Bertz CT molecular complexity index is 3250. The van der Waals surface area contributed by atoms with Crippen LogP contribution in [0.4, 0.5) is 0 Å². The smallest absolute Gasteiger partial charge is 0.0544 e. The van der Waals surface area contributed by atoms with Gasteiger partial charge in [-0.2, -0.15) is 0 Å². The van der Waals surface area contributed by atoms with E-state index in [0.29, 0.717) is 0 Å². The molecule has 8 aromatic carbocycles. The molecule has 1 N–H and O–H groups in total. The zero-order chi connectivity index (χ0) is 39.3. The molecule has 0 radical (unpaired) electrons. The Labute approximate surface area is 341 Å². The van der Waals surface area contributed by atoms with Crippen LogP contribution in [0.5, 0.6) is 0 Å². The molecule has 1 heterocycles. The Morgan fingerprint density at radius 3 is 1.21 bits per heavy atom. The number of fused-ring (bicyclic) bond motifs is 12. The fourth-order valence-electron chi connectivity index (χ4n) is 11.2. The molecule has 0 spiro atoms. The Morgan fingerprint density at radius 2 is 0.690 bits per heavy atom. The van der Waals surface area contributed by atoms with Gasteiger partial charge >= 0.3 is 0 Å². The van der Waals surface area contributed by atoms with Gasteiger partial charge in [0.05, 0.1) is 5.52 Å². The second kappa shape index (κ2) is 11.4. The summed E-state index contributed by atoms with van der Waals surface area (Å²) in [5.41, 5.74) is 26.1. The molecule has 278 valence electrons. The molecule has 0 aliphatic heterocycles. The topological polar surface area (TPSA) is 15.8 Å². The second-order valence-corrected chi connectivity index (χ2v) is 18.6. The van der Waals surface area contributed by atoms with Crippen LogP contribution in [0.25, 0.3) is 88.6 Å². The molecule has 0 saturated heterocycles. The van der Waals surface area contributed by atoms with Gasteiger partial charge in [0.15, 0.2) is 0 Å². The summed E-state index contributed by atoms with van der Waals surface area (Å²) >= 11 is 0. The van der Waals surface area contributed by atoms with E-state index in [1.165, 1.54) is 116 Å². The van der Waals surface area contributed by atoms with E-state index >= 15 is 0 Å². The molecule has 0 fully saturated rings. The van der Waals surface area contributed by atoms with Gasteiger partial charge in [0.25, 0.3) is 0 Å². The third-order valence-corrected chi connectivity index (χ3v) is 14.4. The maximum atomic E-state index is 3.99. The molecule has 1 aromatic heterocycles. The highest BCUT2D eigenvalue weighted by molar-refractivity contribution is 6.14. The van der Waals surface area contributed by atoms with E-state index in [1.54, 1.807) is 0 Å². The monoisotopic (exact) mass is 743 g/mol. The fraction of sp³-hybridized carbons (Fsp3) is 0.158. The van der Waals surface area contributed by atoms with Gasteiger partial charge in [0, 0.05) is 38.1 Å². The number of H-pyrrole nitrogens is 1. The van der Waals surface area contributed by atoms with Crippen molar-refractivity contribution in [2.24, 2.45) is 0 Å². The third-order valence-electron chi connectivity index (χ3n) is 14.4. The molecule has 1 nitrogen and oxygen atoms in total. The van der Waals surface area contributed by atoms with Crippen LogP contribution in [-0.4, -0.2) is 4.98 Å². The Morgan fingerprint density at radius 1 is 0.293 bits per heavy atom. The molecule has 0 amide bonds. The van der Waals surface area contributed by atoms with Gasteiger partial charge in [-0.3, -0.25) is 0 Å². The van der Waals surface area contributed by atoms with Crippen molar-refractivity contribution in [2.75, 3.05) is 0 Å². The Hall–Kier alpha value is -6.44. The van der Waals surface area contributed by atoms with E-state index in [4.69, 9.17) is 0 Å². The van der Waals surface area contributed by atoms with Crippen LogP contribution in [0.3, 0.4) is 0 Å². The van der Waals surface area contributed by atoms with Crippen molar-refractivity contribution in [1.29, 1.82) is 0 Å². The first kappa shape index (κ1) is 33.7. The van der Waals surface area contributed by atoms with Crippen LogP contribution in [-0.2, 0) is 16.2 Å². The number of aromatic nitrogens is 1. The second-order valence-electron chi connectivity index (χ2n) is 18.6. The molecule has 12 rings (SSSR count). The minimum atomic E-state index is -0.0830. The maximum Gasteiger partial charge on any atom is 0.0544 e. The van der Waals surface area contributed by atoms with Crippen molar-refractivity contribution < 1.29 is 0 Å². The lowest BCUT2D eigenvalue weighted by Gasteiger charge is -2.22. The first-order chi connectivity index (χ1) is 28.0. The molecule has 0 unspecified atom stereocenters. The fourth-order valence-corrected chi connectivity index (χ4v) is 11.2. The van der Waals surface area contributed by atoms with E-state index < -0.39 is 0 Å². The van der Waals surface area contributed by atoms with Crippen molar-refractivity contribution in [3.05, 3.63) is 191 Å². The zero-order valence-corrected chi connectivity index (χ0v) is 34.0. The molecule has 0 saturated carbocycles. The van der Waals surface area contributed by atoms with Gasteiger partial charge in [-0.1, -0.05) is 163 Å². The first-order valence-corrected chi connectivity index (χ1v) is 20.8. The number of benzene rings is 8. The lowest BCUT2D eigenvalue weighted by molar-refractivity contribution is 0.660. The van der Waals surface area contributed by atoms with Gasteiger partial charge < -0.3 is 4.98 Å². The predicted molar refractivity (Wildman–Crippen MR) is 245 cm³/mol. The quantitative estimate of drug-likeness (QED) is 0.185. The number of nitrogens with one attached hydrogen (secondary N) is 1. The molecule has 9 aromatic rings. The average Bonchev–Trinajstić information content (AvgIpc) is 3.88. The number of rotatable bonds is 3. The molecule has 0 atom stereocenters. The Balaban J connectivity index is 1.05. The highest BCUT2D eigenvalue weighted by Gasteiger charge is 2.38. The van der Waals surface area contributed by atoms with Gasteiger partial charge in [0.1, 0.15) is 0 Å². The highest BCUT2D eigenvalue weighted by atomic mass is 14.7.